The van der Waals surface area contributed by atoms with Gasteiger partial charge in [-0.2, -0.15) is 0 Å². The van der Waals surface area contributed by atoms with Crippen LogP contribution in [0.3, 0.4) is 0 Å². The Kier molecular flexibility index (Phi) is 2.69. The van der Waals surface area contributed by atoms with E-state index in [2.05, 4.69) is 34.3 Å². The molecule has 1 N–H and O–H groups in total. The van der Waals surface area contributed by atoms with Gasteiger partial charge in [-0.15, -0.1) is 10.2 Å². The van der Waals surface area contributed by atoms with Crippen LogP contribution < -0.4 is 5.32 Å². The molecule has 96 valence electrons. The zero-order chi connectivity index (χ0) is 12.6. The maximum atomic E-state index is 4.38. The number of hydrogen-bond acceptors (Lipinski definition) is 4. The lowest BCUT2D eigenvalue weighted by Crippen LogP contribution is -2.30. The van der Waals surface area contributed by atoms with Gasteiger partial charge in [0, 0.05) is 18.4 Å². The number of anilines is 1. The van der Waals surface area contributed by atoms with Crippen LogP contribution in [0.4, 0.5) is 5.82 Å². The summed E-state index contributed by atoms with van der Waals surface area (Å²) in [6.45, 7) is 4.70. The van der Waals surface area contributed by atoms with E-state index in [1.165, 1.54) is 25.7 Å². The van der Waals surface area contributed by atoms with E-state index in [4.69, 9.17) is 0 Å². The van der Waals surface area contributed by atoms with E-state index in [1.54, 1.807) is 12.5 Å². The highest BCUT2D eigenvalue weighted by molar-refractivity contribution is 5.61. The normalized spacial score (nSPS) is 20.1. The average Bonchev–Trinajstić information content (AvgIpc) is 2.81. The number of nitrogens with one attached hydrogen (secondary N) is 1. The molecular formula is C13H19N5. The minimum atomic E-state index is 0.493. The van der Waals surface area contributed by atoms with Crippen molar-refractivity contribution in [3.8, 4) is 0 Å². The van der Waals surface area contributed by atoms with Gasteiger partial charge in [0.05, 0.1) is 0 Å². The molecular weight excluding hydrogens is 226 g/mol. The van der Waals surface area contributed by atoms with Gasteiger partial charge in [-0.3, -0.25) is 4.40 Å². The van der Waals surface area contributed by atoms with Gasteiger partial charge in [0.25, 0.3) is 0 Å². The molecule has 2 aromatic rings. The van der Waals surface area contributed by atoms with Crippen molar-refractivity contribution in [2.75, 3.05) is 5.32 Å². The van der Waals surface area contributed by atoms with Crippen LogP contribution in [-0.2, 0) is 0 Å². The molecule has 0 unspecified atom stereocenters. The van der Waals surface area contributed by atoms with Crippen LogP contribution in [0.1, 0.15) is 39.5 Å². The third-order valence-corrected chi connectivity index (χ3v) is 3.90. The molecule has 1 fully saturated rings. The molecule has 0 radical (unpaired) electrons. The summed E-state index contributed by atoms with van der Waals surface area (Å²) >= 11 is 0. The van der Waals surface area contributed by atoms with Crippen LogP contribution in [0, 0.1) is 5.41 Å². The Morgan fingerprint density at radius 1 is 1.33 bits per heavy atom. The molecule has 5 nitrogen and oxygen atoms in total. The van der Waals surface area contributed by atoms with Crippen molar-refractivity contribution in [1.29, 1.82) is 0 Å². The molecule has 1 aliphatic rings. The molecule has 0 amide bonds. The lowest BCUT2D eigenvalue weighted by molar-refractivity contribution is 0.232. The third kappa shape index (κ3) is 2.17. The first-order valence-corrected chi connectivity index (χ1v) is 6.55. The first-order chi connectivity index (χ1) is 8.64. The number of hydrogen-bond donors (Lipinski definition) is 1. The Bertz CT molecular complexity index is 535. The van der Waals surface area contributed by atoms with E-state index in [1.807, 2.05) is 10.6 Å². The monoisotopic (exact) mass is 245 g/mol. The van der Waals surface area contributed by atoms with Crippen LogP contribution in [0.15, 0.2) is 18.7 Å². The number of nitrogens with zero attached hydrogens (tertiary/aromatic N) is 4. The van der Waals surface area contributed by atoms with Gasteiger partial charge in [-0.25, -0.2) is 4.98 Å². The number of fused-ring (bicyclic) bond motifs is 1. The van der Waals surface area contributed by atoms with Crippen LogP contribution in [-0.4, -0.2) is 25.6 Å². The molecule has 1 aliphatic carbocycles. The van der Waals surface area contributed by atoms with Crippen molar-refractivity contribution in [1.82, 2.24) is 19.6 Å². The highest BCUT2D eigenvalue weighted by atomic mass is 15.2. The lowest BCUT2D eigenvalue weighted by Gasteiger charge is -2.34. The minimum Gasteiger partial charge on any atom is -0.364 e. The second kappa shape index (κ2) is 4.23. The Balaban J connectivity index is 1.75. The van der Waals surface area contributed by atoms with Crippen molar-refractivity contribution < 1.29 is 0 Å². The van der Waals surface area contributed by atoms with E-state index in [0.717, 1.165) is 11.5 Å². The number of rotatable bonds is 2. The summed E-state index contributed by atoms with van der Waals surface area (Å²) in [5.74, 6) is 0.847. The summed E-state index contributed by atoms with van der Waals surface area (Å²) < 4.78 is 1.89. The lowest BCUT2D eigenvalue weighted by atomic mass is 9.75. The first kappa shape index (κ1) is 11.4. The van der Waals surface area contributed by atoms with E-state index in [-0.39, 0.29) is 0 Å². The molecule has 0 aliphatic heterocycles. The van der Waals surface area contributed by atoms with Crippen molar-refractivity contribution in [3.05, 3.63) is 18.7 Å². The van der Waals surface area contributed by atoms with E-state index < -0.39 is 0 Å². The highest BCUT2D eigenvalue weighted by Crippen LogP contribution is 2.36. The smallest absolute Gasteiger partial charge is 0.203 e. The van der Waals surface area contributed by atoms with Crippen LogP contribution in [0.25, 0.3) is 5.65 Å². The molecule has 0 saturated heterocycles. The highest BCUT2D eigenvalue weighted by Gasteiger charge is 2.27. The van der Waals surface area contributed by atoms with E-state index >= 15 is 0 Å². The Hall–Kier alpha value is -1.65. The summed E-state index contributed by atoms with van der Waals surface area (Å²) in [4.78, 5) is 4.38. The van der Waals surface area contributed by atoms with Crippen LogP contribution in [0.2, 0.25) is 0 Å². The van der Waals surface area contributed by atoms with Crippen molar-refractivity contribution >= 4 is 11.5 Å². The number of aromatic nitrogens is 4. The SMILES string of the molecule is CC1(C)CCC(Nc2nccn3cnnc23)CC1. The first-order valence-electron chi connectivity index (χ1n) is 6.55. The fraction of sp³-hybridized carbons (Fsp3) is 0.615. The van der Waals surface area contributed by atoms with Gasteiger partial charge in [-0.1, -0.05) is 13.8 Å². The molecule has 2 heterocycles. The van der Waals surface area contributed by atoms with Crippen molar-refractivity contribution in [2.24, 2.45) is 5.41 Å². The second-order valence-corrected chi connectivity index (χ2v) is 5.92. The molecule has 2 aromatic heterocycles. The summed E-state index contributed by atoms with van der Waals surface area (Å²) in [5, 5.41) is 11.5. The summed E-state index contributed by atoms with van der Waals surface area (Å²) in [7, 11) is 0. The standard InChI is InChI=1S/C13H19N5/c1-13(2)5-3-10(4-6-13)16-11-12-17-15-9-18(12)8-7-14-11/h7-10H,3-6H2,1-2H3,(H,14,16). The zero-order valence-electron chi connectivity index (χ0n) is 10.9. The van der Waals surface area contributed by atoms with Crippen LogP contribution in [0.5, 0.6) is 0 Å². The molecule has 0 atom stereocenters. The van der Waals surface area contributed by atoms with Gasteiger partial charge in [-0.05, 0) is 31.1 Å². The van der Waals surface area contributed by atoms with Crippen LogP contribution >= 0.6 is 0 Å². The van der Waals surface area contributed by atoms with E-state index in [0.29, 0.717) is 11.5 Å². The summed E-state index contributed by atoms with van der Waals surface area (Å²) in [6.07, 6.45) is 10.3. The van der Waals surface area contributed by atoms with Gasteiger partial charge in [0.1, 0.15) is 6.33 Å². The zero-order valence-corrected chi connectivity index (χ0v) is 10.9. The third-order valence-electron chi connectivity index (χ3n) is 3.90. The topological polar surface area (TPSA) is 55.1 Å². The predicted molar refractivity (Wildman–Crippen MR) is 70.4 cm³/mol. The molecule has 3 rings (SSSR count). The molecule has 1 saturated carbocycles. The largest absolute Gasteiger partial charge is 0.364 e. The maximum absolute atomic E-state index is 4.38. The summed E-state index contributed by atoms with van der Waals surface area (Å²) in [6, 6.07) is 0.508. The quantitative estimate of drug-likeness (QED) is 0.883. The summed E-state index contributed by atoms with van der Waals surface area (Å²) in [5.41, 5.74) is 1.30. The fourth-order valence-corrected chi connectivity index (χ4v) is 2.60. The van der Waals surface area contributed by atoms with E-state index in [9.17, 15) is 0 Å². The molecule has 0 aromatic carbocycles. The molecule has 0 spiro atoms. The van der Waals surface area contributed by atoms with Crippen molar-refractivity contribution in [3.63, 3.8) is 0 Å². The second-order valence-electron chi connectivity index (χ2n) is 5.92. The minimum absolute atomic E-state index is 0.493. The fourth-order valence-electron chi connectivity index (χ4n) is 2.60. The van der Waals surface area contributed by atoms with Crippen molar-refractivity contribution in [2.45, 2.75) is 45.6 Å². The average molecular weight is 245 g/mol. The predicted octanol–water partition coefficient (Wildman–Crippen LogP) is 2.51. The Morgan fingerprint density at radius 3 is 2.89 bits per heavy atom. The van der Waals surface area contributed by atoms with Gasteiger partial charge < -0.3 is 5.32 Å². The van der Waals surface area contributed by atoms with Gasteiger partial charge >= 0.3 is 0 Å². The van der Waals surface area contributed by atoms with Gasteiger partial charge in [0.15, 0.2) is 5.82 Å². The molecule has 0 bridgehead atoms. The molecule has 18 heavy (non-hydrogen) atoms. The Labute approximate surface area is 107 Å². The maximum Gasteiger partial charge on any atom is 0.203 e. The molecule has 5 heteroatoms. The Morgan fingerprint density at radius 2 is 2.11 bits per heavy atom. The van der Waals surface area contributed by atoms with Gasteiger partial charge in [0.2, 0.25) is 5.65 Å².